The zero-order chi connectivity index (χ0) is 22.5. The second kappa shape index (κ2) is 9.85. The zero-order valence-corrected chi connectivity index (χ0v) is 18.8. The number of carbonyl (C=O) groups excluding carboxylic acids is 2. The number of likely N-dealkylation sites (tertiary alicyclic amines) is 1. The number of carbonyl (C=O) groups is 2. The second-order valence-corrected chi connectivity index (χ2v) is 8.38. The number of hydrogen-bond donors (Lipinski definition) is 2. The number of anilines is 2. The molecule has 0 unspecified atom stereocenters. The highest BCUT2D eigenvalue weighted by atomic mass is 16.2. The van der Waals surface area contributed by atoms with E-state index < -0.39 is 12.2 Å². The van der Waals surface area contributed by atoms with Crippen LogP contribution in [-0.2, 0) is 4.79 Å². The number of fused-ring (bicyclic) bond motifs is 1. The van der Waals surface area contributed by atoms with Gasteiger partial charge in [0.25, 0.3) is 5.91 Å². The number of para-hydroxylation sites is 1. The molecule has 0 spiro atoms. The quantitative estimate of drug-likeness (QED) is 0.761. The average Bonchev–Trinajstić information content (AvgIpc) is 2.90. The summed E-state index contributed by atoms with van der Waals surface area (Å²) in [5.41, 5.74) is 3.52. The third-order valence-electron chi connectivity index (χ3n) is 5.83. The van der Waals surface area contributed by atoms with Gasteiger partial charge in [0.1, 0.15) is 5.84 Å². The molecule has 168 valence electrons. The molecule has 4 rings (SSSR count). The SMILES string of the molecule is CCCN1C(=O)[C@H](NC(=O)Nc2cccc(C)c2)N=C(N2CCCCC2)c2ccccc21. The number of amidine groups is 1. The maximum absolute atomic E-state index is 13.5. The summed E-state index contributed by atoms with van der Waals surface area (Å²) in [5.74, 6) is 0.568. The van der Waals surface area contributed by atoms with E-state index in [2.05, 4.69) is 15.5 Å². The van der Waals surface area contributed by atoms with Crippen molar-refractivity contribution in [1.82, 2.24) is 10.2 Å². The molecule has 0 aliphatic carbocycles. The van der Waals surface area contributed by atoms with Crippen LogP contribution in [-0.4, -0.2) is 48.5 Å². The minimum Gasteiger partial charge on any atom is -0.356 e. The number of benzene rings is 2. The van der Waals surface area contributed by atoms with Crippen LogP contribution < -0.4 is 15.5 Å². The Balaban J connectivity index is 1.67. The molecule has 1 atom stereocenters. The molecule has 1 fully saturated rings. The minimum atomic E-state index is -0.990. The van der Waals surface area contributed by atoms with Crippen molar-refractivity contribution < 1.29 is 9.59 Å². The van der Waals surface area contributed by atoms with E-state index in [0.29, 0.717) is 12.2 Å². The lowest BCUT2D eigenvalue weighted by atomic mass is 10.1. The standard InChI is InChI=1S/C25H31N5O2/c1-3-14-30-21-13-6-5-12-20(21)23(29-15-7-4-8-16-29)27-22(24(30)31)28-25(32)26-19-11-9-10-18(2)17-19/h5-6,9-13,17,22H,3-4,7-8,14-16H2,1-2H3,(H2,26,28,32)/t22-/m0/s1. The van der Waals surface area contributed by atoms with Gasteiger partial charge in [-0.1, -0.05) is 31.2 Å². The molecule has 3 amide bonds. The lowest BCUT2D eigenvalue weighted by molar-refractivity contribution is -0.120. The van der Waals surface area contributed by atoms with Crippen LogP contribution in [0.5, 0.6) is 0 Å². The van der Waals surface area contributed by atoms with Gasteiger partial charge >= 0.3 is 6.03 Å². The summed E-state index contributed by atoms with van der Waals surface area (Å²) in [5, 5.41) is 5.64. The Morgan fingerprint density at radius 1 is 1.09 bits per heavy atom. The van der Waals surface area contributed by atoms with Crippen LogP contribution in [0, 0.1) is 6.92 Å². The fourth-order valence-electron chi connectivity index (χ4n) is 4.33. The fraction of sp³-hybridized carbons (Fsp3) is 0.400. The summed E-state index contributed by atoms with van der Waals surface area (Å²) in [6.07, 6.45) is 3.21. The number of aliphatic imine (C=N–C) groups is 1. The number of rotatable bonds is 4. The first-order valence-corrected chi connectivity index (χ1v) is 11.4. The van der Waals surface area contributed by atoms with Crippen LogP contribution in [0.25, 0.3) is 0 Å². The van der Waals surface area contributed by atoms with Gasteiger partial charge in [-0.15, -0.1) is 0 Å². The summed E-state index contributed by atoms with van der Waals surface area (Å²) in [7, 11) is 0. The first kappa shape index (κ1) is 21.9. The third-order valence-corrected chi connectivity index (χ3v) is 5.83. The number of aryl methyl sites for hydroxylation is 1. The lowest BCUT2D eigenvalue weighted by Crippen LogP contribution is -2.49. The topological polar surface area (TPSA) is 77.0 Å². The number of nitrogens with zero attached hydrogens (tertiary/aromatic N) is 3. The highest BCUT2D eigenvalue weighted by molar-refractivity contribution is 6.12. The van der Waals surface area contributed by atoms with E-state index in [0.717, 1.165) is 55.0 Å². The molecular weight excluding hydrogens is 402 g/mol. The van der Waals surface area contributed by atoms with Crippen LogP contribution in [0.15, 0.2) is 53.5 Å². The number of piperidine rings is 1. The number of urea groups is 1. The minimum absolute atomic E-state index is 0.217. The Morgan fingerprint density at radius 3 is 2.62 bits per heavy atom. The van der Waals surface area contributed by atoms with Crippen LogP contribution in [0.3, 0.4) is 0 Å². The van der Waals surface area contributed by atoms with Gasteiger partial charge < -0.3 is 20.4 Å². The Kier molecular flexibility index (Phi) is 6.73. The smallest absolute Gasteiger partial charge is 0.321 e. The molecule has 2 heterocycles. The van der Waals surface area contributed by atoms with Crippen molar-refractivity contribution >= 4 is 29.1 Å². The van der Waals surface area contributed by atoms with E-state index in [9.17, 15) is 9.59 Å². The summed E-state index contributed by atoms with van der Waals surface area (Å²) in [6.45, 7) is 6.37. The van der Waals surface area contributed by atoms with Gasteiger partial charge in [0, 0.05) is 30.9 Å². The van der Waals surface area contributed by atoms with Crippen LogP contribution in [0.1, 0.15) is 43.7 Å². The molecule has 2 aromatic rings. The normalized spacial score (nSPS) is 18.5. The van der Waals surface area contributed by atoms with E-state index in [-0.39, 0.29) is 5.91 Å². The van der Waals surface area contributed by atoms with Crippen molar-refractivity contribution in [3.8, 4) is 0 Å². The van der Waals surface area contributed by atoms with E-state index >= 15 is 0 Å². The Labute approximate surface area is 189 Å². The Bertz CT molecular complexity index is 1010. The highest BCUT2D eigenvalue weighted by Gasteiger charge is 2.34. The maximum atomic E-state index is 13.5. The van der Waals surface area contributed by atoms with Gasteiger partial charge in [0.2, 0.25) is 6.17 Å². The first-order chi connectivity index (χ1) is 15.6. The predicted octanol–water partition coefficient (Wildman–Crippen LogP) is 4.13. The van der Waals surface area contributed by atoms with Gasteiger partial charge in [-0.2, -0.15) is 0 Å². The van der Waals surface area contributed by atoms with Crippen molar-refractivity contribution in [2.75, 3.05) is 29.9 Å². The van der Waals surface area contributed by atoms with Gasteiger partial charge in [-0.05, 0) is 62.4 Å². The molecule has 2 aliphatic heterocycles. The fourth-order valence-corrected chi connectivity index (χ4v) is 4.33. The Morgan fingerprint density at radius 2 is 1.88 bits per heavy atom. The maximum Gasteiger partial charge on any atom is 0.321 e. The number of nitrogens with one attached hydrogen (secondary N) is 2. The van der Waals surface area contributed by atoms with Crippen molar-refractivity contribution in [1.29, 1.82) is 0 Å². The number of benzodiazepines with no additional fused rings is 1. The van der Waals surface area contributed by atoms with Crippen molar-refractivity contribution in [3.05, 3.63) is 59.7 Å². The molecule has 0 bridgehead atoms. The largest absolute Gasteiger partial charge is 0.356 e. The summed E-state index contributed by atoms with van der Waals surface area (Å²) in [6, 6.07) is 15.0. The van der Waals surface area contributed by atoms with E-state index in [4.69, 9.17) is 4.99 Å². The number of amides is 3. The molecule has 0 radical (unpaired) electrons. The summed E-state index contributed by atoms with van der Waals surface area (Å²) in [4.78, 5) is 35.2. The zero-order valence-electron chi connectivity index (χ0n) is 18.8. The molecular formula is C25H31N5O2. The van der Waals surface area contributed by atoms with Crippen LogP contribution >= 0.6 is 0 Å². The first-order valence-electron chi connectivity index (χ1n) is 11.4. The van der Waals surface area contributed by atoms with Crippen LogP contribution in [0.4, 0.5) is 16.2 Å². The van der Waals surface area contributed by atoms with Crippen molar-refractivity contribution in [3.63, 3.8) is 0 Å². The number of hydrogen-bond acceptors (Lipinski definition) is 4. The van der Waals surface area contributed by atoms with E-state index in [1.165, 1.54) is 6.42 Å². The van der Waals surface area contributed by atoms with Crippen LogP contribution in [0.2, 0.25) is 0 Å². The second-order valence-electron chi connectivity index (χ2n) is 8.38. The molecule has 0 saturated carbocycles. The molecule has 7 nitrogen and oxygen atoms in total. The van der Waals surface area contributed by atoms with Crippen molar-refractivity contribution in [2.45, 2.75) is 45.7 Å². The van der Waals surface area contributed by atoms with Gasteiger partial charge in [0.05, 0.1) is 5.69 Å². The van der Waals surface area contributed by atoms with E-state index in [1.807, 2.05) is 62.4 Å². The molecule has 2 aliphatic rings. The third kappa shape index (κ3) is 4.77. The lowest BCUT2D eigenvalue weighted by Gasteiger charge is -2.31. The van der Waals surface area contributed by atoms with E-state index in [1.54, 1.807) is 4.90 Å². The molecule has 2 N–H and O–H groups in total. The van der Waals surface area contributed by atoms with Gasteiger partial charge in [-0.25, -0.2) is 9.79 Å². The van der Waals surface area contributed by atoms with Gasteiger partial charge in [-0.3, -0.25) is 4.79 Å². The summed E-state index contributed by atoms with van der Waals surface area (Å²) < 4.78 is 0. The molecule has 7 heteroatoms. The van der Waals surface area contributed by atoms with Crippen molar-refractivity contribution in [2.24, 2.45) is 4.99 Å². The highest BCUT2D eigenvalue weighted by Crippen LogP contribution is 2.28. The average molecular weight is 434 g/mol. The molecule has 1 saturated heterocycles. The molecule has 0 aromatic heterocycles. The Hall–Kier alpha value is -3.35. The monoisotopic (exact) mass is 433 g/mol. The molecule has 2 aromatic carbocycles. The predicted molar refractivity (Wildman–Crippen MR) is 128 cm³/mol. The summed E-state index contributed by atoms with van der Waals surface area (Å²) >= 11 is 0. The molecule has 32 heavy (non-hydrogen) atoms. The van der Waals surface area contributed by atoms with Gasteiger partial charge in [0.15, 0.2) is 0 Å².